The third-order valence-corrected chi connectivity index (χ3v) is 4.55. The molecule has 0 saturated heterocycles. The first kappa shape index (κ1) is 28.8. The highest BCUT2D eigenvalue weighted by atomic mass is 19.1. The molecule has 1 unspecified atom stereocenters. The second-order valence-electron chi connectivity index (χ2n) is 6.28. The Hall–Kier alpha value is -3.19. The number of nitrogen functional groups attached to an aromatic ring is 1. The molecule has 1 aromatic heterocycles. The molecule has 1 aromatic carbocycles. The van der Waals surface area contributed by atoms with E-state index >= 15 is 0 Å². The maximum atomic E-state index is 12.9. The van der Waals surface area contributed by atoms with E-state index in [0.29, 0.717) is 24.7 Å². The van der Waals surface area contributed by atoms with E-state index in [4.69, 9.17) is 17.4 Å². The maximum Gasteiger partial charge on any atom is 0.173 e. The standard InChI is InChI=1S/C21H27FN6.2C2H6/c1-3-5-9-17(11-12-22)28(25)21(27-24)19-13-16(14-26-20(19)23)18-10-7-6-8-15(18)4-2;2*1-2/h3,6-8,10-14,17H,1,4-5,9,24-25H2,2H3,(H2,23,26);2*1-2H3/b12-11+,27-21-;;. The fraction of sp³-hybridized carbons (Fsp3) is 0.360. The first-order valence-corrected chi connectivity index (χ1v) is 11.1. The average Bonchev–Trinajstić information content (AvgIpc) is 2.85. The first-order chi connectivity index (χ1) is 15.6. The molecule has 6 nitrogen and oxygen atoms in total. The van der Waals surface area contributed by atoms with Gasteiger partial charge in [-0.3, -0.25) is 5.01 Å². The highest BCUT2D eigenvalue weighted by molar-refractivity contribution is 6.03. The molecule has 0 amide bonds. The molecule has 176 valence electrons. The Morgan fingerprint density at radius 2 is 1.91 bits per heavy atom. The van der Waals surface area contributed by atoms with Gasteiger partial charge in [0, 0.05) is 11.8 Å². The Labute approximate surface area is 192 Å². The monoisotopic (exact) mass is 442 g/mol. The Balaban J connectivity index is 0.00000227. The van der Waals surface area contributed by atoms with E-state index in [1.165, 1.54) is 16.6 Å². The van der Waals surface area contributed by atoms with Gasteiger partial charge >= 0.3 is 0 Å². The number of benzene rings is 1. The minimum Gasteiger partial charge on any atom is -0.383 e. The zero-order chi connectivity index (χ0) is 24.5. The van der Waals surface area contributed by atoms with Gasteiger partial charge in [0.15, 0.2) is 5.84 Å². The van der Waals surface area contributed by atoms with Gasteiger partial charge in [-0.15, -0.1) is 6.58 Å². The van der Waals surface area contributed by atoms with Gasteiger partial charge < -0.3 is 11.6 Å². The molecule has 2 rings (SSSR count). The fourth-order valence-electron chi connectivity index (χ4n) is 3.04. The Morgan fingerprint density at radius 1 is 1.25 bits per heavy atom. The lowest BCUT2D eigenvalue weighted by Gasteiger charge is -2.27. The number of halogens is 1. The number of nitrogens with two attached hydrogens (primary N) is 3. The normalized spacial score (nSPS) is 11.7. The van der Waals surface area contributed by atoms with Crippen LogP contribution in [0.1, 0.15) is 58.6 Å². The van der Waals surface area contributed by atoms with Crippen LogP contribution in [0.15, 0.2) is 66.7 Å². The second kappa shape index (κ2) is 16.5. The van der Waals surface area contributed by atoms with Crippen LogP contribution in [0.25, 0.3) is 11.1 Å². The number of hydrogen-bond acceptors (Lipinski definition) is 5. The number of pyridine rings is 1. The van der Waals surface area contributed by atoms with Crippen LogP contribution in [0.3, 0.4) is 0 Å². The van der Waals surface area contributed by atoms with E-state index in [1.807, 2.05) is 52.0 Å². The van der Waals surface area contributed by atoms with E-state index in [1.54, 1.807) is 12.3 Å². The van der Waals surface area contributed by atoms with Crippen LogP contribution in [0.4, 0.5) is 10.2 Å². The molecule has 0 bridgehead atoms. The Morgan fingerprint density at radius 3 is 2.47 bits per heavy atom. The van der Waals surface area contributed by atoms with E-state index < -0.39 is 6.04 Å². The number of anilines is 1. The first-order valence-electron chi connectivity index (χ1n) is 11.1. The molecule has 0 radical (unpaired) electrons. The van der Waals surface area contributed by atoms with Crippen molar-refractivity contribution in [3.05, 3.63) is 72.7 Å². The predicted octanol–water partition coefficient (Wildman–Crippen LogP) is 5.56. The maximum absolute atomic E-state index is 12.9. The molecule has 1 heterocycles. The van der Waals surface area contributed by atoms with Crippen molar-refractivity contribution in [2.24, 2.45) is 16.8 Å². The van der Waals surface area contributed by atoms with Crippen molar-refractivity contribution in [3.8, 4) is 11.1 Å². The number of allylic oxidation sites excluding steroid dienone is 1. The summed E-state index contributed by atoms with van der Waals surface area (Å²) in [5.41, 5.74) is 9.68. The van der Waals surface area contributed by atoms with Crippen molar-refractivity contribution in [3.63, 3.8) is 0 Å². The number of hydrazine groups is 1. The minimum absolute atomic E-state index is 0.230. The van der Waals surface area contributed by atoms with Gasteiger partial charge in [0.05, 0.1) is 17.9 Å². The molecule has 7 heteroatoms. The summed E-state index contributed by atoms with van der Waals surface area (Å²) in [6.07, 6.45) is 7.32. The number of hydrazone groups is 1. The number of hydrogen-bond donors (Lipinski definition) is 3. The van der Waals surface area contributed by atoms with E-state index in [-0.39, 0.29) is 11.7 Å². The fourth-order valence-corrected chi connectivity index (χ4v) is 3.04. The summed E-state index contributed by atoms with van der Waals surface area (Å²) in [6, 6.07) is 9.44. The van der Waals surface area contributed by atoms with Crippen molar-refractivity contribution in [2.75, 3.05) is 5.73 Å². The van der Waals surface area contributed by atoms with Gasteiger partial charge in [-0.2, -0.15) is 5.10 Å². The molecule has 32 heavy (non-hydrogen) atoms. The number of aryl methyl sites for hydroxylation is 1. The minimum atomic E-state index is -0.462. The molecule has 0 aliphatic heterocycles. The van der Waals surface area contributed by atoms with Crippen LogP contribution >= 0.6 is 0 Å². The van der Waals surface area contributed by atoms with Crippen molar-refractivity contribution in [2.45, 2.75) is 59.9 Å². The number of amidine groups is 1. The van der Waals surface area contributed by atoms with Gasteiger partial charge in [-0.25, -0.2) is 15.2 Å². The highest BCUT2D eigenvalue weighted by Gasteiger charge is 2.21. The van der Waals surface area contributed by atoms with Gasteiger partial charge in [0.25, 0.3) is 0 Å². The molecule has 1 atom stereocenters. The SMILES string of the molecule is C=CCCC(/C=C/F)N(N)/C(=N\N)c1cc(-c2ccccc2CC)cnc1N.CC.CC. The summed E-state index contributed by atoms with van der Waals surface area (Å²) in [5, 5.41) is 5.13. The molecule has 0 spiro atoms. The summed E-state index contributed by atoms with van der Waals surface area (Å²) in [5.74, 6) is 12.3. The molecular formula is C25H39FN6. The Kier molecular flexibility index (Phi) is 14.9. The lowest BCUT2D eigenvalue weighted by Crippen LogP contribution is -2.46. The van der Waals surface area contributed by atoms with Gasteiger partial charge in [0.1, 0.15) is 5.82 Å². The van der Waals surface area contributed by atoms with Crippen LogP contribution < -0.4 is 17.4 Å². The lowest BCUT2D eigenvalue weighted by molar-refractivity contribution is 0.353. The summed E-state index contributed by atoms with van der Waals surface area (Å²) < 4.78 is 12.9. The third kappa shape index (κ3) is 7.81. The number of nitrogens with zero attached hydrogens (tertiary/aromatic N) is 3. The van der Waals surface area contributed by atoms with Crippen molar-refractivity contribution in [1.82, 2.24) is 9.99 Å². The van der Waals surface area contributed by atoms with Crippen LogP contribution in [0.2, 0.25) is 0 Å². The van der Waals surface area contributed by atoms with Crippen LogP contribution in [-0.4, -0.2) is 21.9 Å². The summed E-state index contributed by atoms with van der Waals surface area (Å²) in [7, 11) is 0. The number of aromatic nitrogens is 1. The van der Waals surface area contributed by atoms with Crippen molar-refractivity contribution >= 4 is 11.7 Å². The topological polar surface area (TPSA) is 107 Å². The lowest BCUT2D eigenvalue weighted by atomic mass is 9.98. The molecule has 6 N–H and O–H groups in total. The van der Waals surface area contributed by atoms with Crippen LogP contribution in [-0.2, 0) is 6.42 Å². The zero-order valence-electron chi connectivity index (χ0n) is 20.1. The van der Waals surface area contributed by atoms with Gasteiger partial charge in [-0.05, 0) is 42.5 Å². The molecule has 0 fully saturated rings. The summed E-state index contributed by atoms with van der Waals surface area (Å²) in [6.45, 7) is 13.8. The summed E-state index contributed by atoms with van der Waals surface area (Å²) >= 11 is 0. The van der Waals surface area contributed by atoms with Crippen LogP contribution in [0.5, 0.6) is 0 Å². The van der Waals surface area contributed by atoms with Crippen LogP contribution in [0, 0.1) is 0 Å². The van der Waals surface area contributed by atoms with Gasteiger partial charge in [-0.1, -0.05) is 65.0 Å². The van der Waals surface area contributed by atoms with E-state index in [9.17, 15) is 4.39 Å². The zero-order valence-corrected chi connectivity index (χ0v) is 20.1. The van der Waals surface area contributed by atoms with E-state index in [0.717, 1.165) is 17.5 Å². The van der Waals surface area contributed by atoms with E-state index in [2.05, 4.69) is 29.7 Å². The highest BCUT2D eigenvalue weighted by Crippen LogP contribution is 2.27. The molecule has 0 saturated carbocycles. The number of rotatable bonds is 8. The third-order valence-electron chi connectivity index (χ3n) is 4.55. The largest absolute Gasteiger partial charge is 0.383 e. The quantitative estimate of drug-likeness (QED) is 0.163. The van der Waals surface area contributed by atoms with Crippen molar-refractivity contribution < 1.29 is 4.39 Å². The van der Waals surface area contributed by atoms with Gasteiger partial charge in [0.2, 0.25) is 0 Å². The second-order valence-corrected chi connectivity index (χ2v) is 6.28. The molecule has 0 aliphatic rings. The predicted molar refractivity (Wildman–Crippen MR) is 136 cm³/mol. The average molecular weight is 443 g/mol. The smallest absolute Gasteiger partial charge is 0.173 e. The summed E-state index contributed by atoms with van der Waals surface area (Å²) in [4.78, 5) is 4.30. The molecule has 2 aromatic rings. The molecule has 0 aliphatic carbocycles. The van der Waals surface area contributed by atoms with Crippen molar-refractivity contribution in [1.29, 1.82) is 0 Å². The molecular weight excluding hydrogens is 403 g/mol. The Bertz CT molecular complexity index is 863.